The molecule has 0 fully saturated rings. The van der Waals surface area contributed by atoms with Gasteiger partial charge in [-0.15, -0.1) is 0 Å². The van der Waals surface area contributed by atoms with Gasteiger partial charge in [-0.2, -0.15) is 0 Å². The van der Waals surface area contributed by atoms with Crippen molar-refractivity contribution in [2.24, 2.45) is 0 Å². The average molecular weight is 224 g/mol. The molecule has 0 atom stereocenters. The van der Waals surface area contributed by atoms with E-state index in [1.807, 2.05) is 42.0 Å². The molecule has 2 heterocycles. The summed E-state index contributed by atoms with van der Waals surface area (Å²) in [4.78, 5) is 8.55. The maximum Gasteiger partial charge on any atom is 0.110 e. The molecule has 0 saturated carbocycles. The molecule has 3 aromatic rings. The van der Waals surface area contributed by atoms with Gasteiger partial charge in [0, 0.05) is 17.8 Å². The zero-order valence-electron chi connectivity index (χ0n) is 9.46. The molecule has 4 heteroatoms. The number of benzene rings is 1. The molecule has 0 aliphatic carbocycles. The Morgan fingerprint density at radius 1 is 1.18 bits per heavy atom. The number of pyridine rings is 1. The molecule has 2 aromatic heterocycles. The highest BCUT2D eigenvalue weighted by atomic mass is 15.1. The number of hydrogen-bond acceptors (Lipinski definition) is 3. The van der Waals surface area contributed by atoms with Gasteiger partial charge in [0.25, 0.3) is 0 Å². The van der Waals surface area contributed by atoms with Crippen LogP contribution in [0.25, 0.3) is 16.6 Å². The standard InChI is InChI=1S/C13H12N4/c1-9-15-6-7-17(9)13-10-4-2-3-5-12(10)16-8-11(13)14/h2-8H,14H2,1H3. The number of rotatable bonds is 1. The minimum atomic E-state index is 0.657. The van der Waals surface area contributed by atoms with E-state index in [1.165, 1.54) is 0 Å². The molecule has 0 saturated heterocycles. The zero-order valence-corrected chi connectivity index (χ0v) is 9.46. The summed E-state index contributed by atoms with van der Waals surface area (Å²) in [7, 11) is 0. The van der Waals surface area contributed by atoms with Crippen LogP contribution in [0.4, 0.5) is 5.69 Å². The van der Waals surface area contributed by atoms with Crippen molar-refractivity contribution in [3.05, 3.63) is 48.7 Å². The van der Waals surface area contributed by atoms with E-state index in [1.54, 1.807) is 12.4 Å². The molecule has 0 unspecified atom stereocenters. The van der Waals surface area contributed by atoms with E-state index in [-0.39, 0.29) is 0 Å². The van der Waals surface area contributed by atoms with Crippen molar-refractivity contribution in [3.8, 4) is 5.69 Å². The van der Waals surface area contributed by atoms with Crippen molar-refractivity contribution >= 4 is 16.6 Å². The van der Waals surface area contributed by atoms with E-state index in [0.717, 1.165) is 22.4 Å². The average Bonchev–Trinajstić information content (AvgIpc) is 2.75. The Labute approximate surface area is 98.7 Å². The molecule has 0 spiro atoms. The van der Waals surface area contributed by atoms with Crippen LogP contribution in [0.2, 0.25) is 0 Å². The van der Waals surface area contributed by atoms with Crippen LogP contribution in [0, 0.1) is 6.92 Å². The zero-order chi connectivity index (χ0) is 11.8. The first-order chi connectivity index (χ1) is 8.27. The van der Waals surface area contributed by atoms with Crippen LogP contribution in [0.1, 0.15) is 5.82 Å². The number of aromatic nitrogens is 3. The normalized spacial score (nSPS) is 10.9. The molecule has 0 bridgehead atoms. The molecule has 1 aromatic carbocycles. The highest BCUT2D eigenvalue weighted by Gasteiger charge is 2.09. The van der Waals surface area contributed by atoms with Crippen LogP contribution in [-0.4, -0.2) is 14.5 Å². The van der Waals surface area contributed by atoms with E-state index in [9.17, 15) is 0 Å². The topological polar surface area (TPSA) is 56.7 Å². The van der Waals surface area contributed by atoms with Crippen molar-refractivity contribution in [3.63, 3.8) is 0 Å². The van der Waals surface area contributed by atoms with Crippen molar-refractivity contribution in [1.29, 1.82) is 0 Å². The molecular formula is C13H12N4. The van der Waals surface area contributed by atoms with E-state index in [4.69, 9.17) is 5.73 Å². The van der Waals surface area contributed by atoms with Gasteiger partial charge in [-0.1, -0.05) is 18.2 Å². The second-order valence-corrected chi connectivity index (χ2v) is 3.92. The molecule has 17 heavy (non-hydrogen) atoms. The number of anilines is 1. The van der Waals surface area contributed by atoms with Crippen LogP contribution in [0.15, 0.2) is 42.9 Å². The van der Waals surface area contributed by atoms with Crippen LogP contribution < -0.4 is 5.73 Å². The molecule has 84 valence electrons. The number of nitrogen functional groups attached to an aromatic ring is 1. The Morgan fingerprint density at radius 3 is 2.76 bits per heavy atom. The minimum absolute atomic E-state index is 0.657. The number of nitrogens with zero attached hydrogens (tertiary/aromatic N) is 3. The van der Waals surface area contributed by atoms with Crippen molar-refractivity contribution < 1.29 is 0 Å². The number of aryl methyl sites for hydroxylation is 1. The van der Waals surface area contributed by atoms with Crippen LogP contribution in [0.5, 0.6) is 0 Å². The SMILES string of the molecule is Cc1nccn1-c1c(N)cnc2ccccc12. The summed E-state index contributed by atoms with van der Waals surface area (Å²) in [5, 5.41) is 1.04. The van der Waals surface area contributed by atoms with E-state index in [2.05, 4.69) is 9.97 Å². The van der Waals surface area contributed by atoms with Gasteiger partial charge in [0.05, 0.1) is 23.1 Å². The lowest BCUT2D eigenvalue weighted by Gasteiger charge is -2.11. The van der Waals surface area contributed by atoms with Gasteiger partial charge in [0.2, 0.25) is 0 Å². The Hall–Kier alpha value is -2.36. The maximum atomic E-state index is 6.04. The first-order valence-corrected chi connectivity index (χ1v) is 5.41. The third-order valence-electron chi connectivity index (χ3n) is 2.84. The monoisotopic (exact) mass is 224 g/mol. The lowest BCUT2D eigenvalue weighted by molar-refractivity contribution is 0.983. The molecule has 0 radical (unpaired) electrons. The molecule has 0 amide bonds. The molecule has 3 rings (SSSR count). The van der Waals surface area contributed by atoms with Gasteiger partial charge < -0.3 is 10.3 Å². The fraction of sp³-hybridized carbons (Fsp3) is 0.0769. The van der Waals surface area contributed by atoms with Gasteiger partial charge in [0.1, 0.15) is 5.82 Å². The van der Waals surface area contributed by atoms with Gasteiger partial charge >= 0.3 is 0 Å². The largest absolute Gasteiger partial charge is 0.396 e. The molecule has 2 N–H and O–H groups in total. The fourth-order valence-corrected chi connectivity index (χ4v) is 2.03. The van der Waals surface area contributed by atoms with Crippen molar-refractivity contribution in [1.82, 2.24) is 14.5 Å². The van der Waals surface area contributed by atoms with Crippen LogP contribution in [-0.2, 0) is 0 Å². The van der Waals surface area contributed by atoms with E-state index in [0.29, 0.717) is 5.69 Å². The fourth-order valence-electron chi connectivity index (χ4n) is 2.03. The molecule has 0 aliphatic rings. The number of hydrogen-bond donors (Lipinski definition) is 1. The quantitative estimate of drug-likeness (QED) is 0.690. The minimum Gasteiger partial charge on any atom is -0.396 e. The lowest BCUT2D eigenvalue weighted by atomic mass is 10.1. The summed E-state index contributed by atoms with van der Waals surface area (Å²) < 4.78 is 1.99. The third-order valence-corrected chi connectivity index (χ3v) is 2.84. The summed E-state index contributed by atoms with van der Waals surface area (Å²) in [5.41, 5.74) is 8.58. The van der Waals surface area contributed by atoms with Gasteiger partial charge in [-0.3, -0.25) is 4.98 Å². The van der Waals surface area contributed by atoms with Crippen molar-refractivity contribution in [2.45, 2.75) is 6.92 Å². The maximum absolute atomic E-state index is 6.04. The summed E-state index contributed by atoms with van der Waals surface area (Å²) in [5.74, 6) is 0.910. The third kappa shape index (κ3) is 1.45. The summed E-state index contributed by atoms with van der Waals surface area (Å²) in [6.07, 6.45) is 5.37. The first-order valence-electron chi connectivity index (χ1n) is 5.41. The number of para-hydroxylation sites is 1. The number of fused-ring (bicyclic) bond motifs is 1. The van der Waals surface area contributed by atoms with Crippen LogP contribution >= 0.6 is 0 Å². The summed E-state index contributed by atoms with van der Waals surface area (Å²) >= 11 is 0. The Morgan fingerprint density at radius 2 is 2.00 bits per heavy atom. The summed E-state index contributed by atoms with van der Waals surface area (Å²) in [6.45, 7) is 1.95. The molecule has 4 nitrogen and oxygen atoms in total. The van der Waals surface area contributed by atoms with Gasteiger partial charge in [-0.05, 0) is 13.0 Å². The van der Waals surface area contributed by atoms with Crippen LogP contribution in [0.3, 0.4) is 0 Å². The predicted octanol–water partition coefficient (Wildman–Crippen LogP) is 2.31. The van der Waals surface area contributed by atoms with Crippen molar-refractivity contribution in [2.75, 3.05) is 5.73 Å². The summed E-state index contributed by atoms with van der Waals surface area (Å²) in [6, 6.07) is 7.95. The Kier molecular flexibility index (Phi) is 2.08. The Bertz CT molecular complexity index is 685. The predicted molar refractivity (Wildman–Crippen MR) is 68.0 cm³/mol. The number of imidazole rings is 1. The second-order valence-electron chi connectivity index (χ2n) is 3.92. The smallest absolute Gasteiger partial charge is 0.110 e. The molecular weight excluding hydrogens is 212 g/mol. The van der Waals surface area contributed by atoms with Gasteiger partial charge in [0.15, 0.2) is 0 Å². The Balaban J connectivity index is 2.42. The highest BCUT2D eigenvalue weighted by Crippen LogP contribution is 2.26. The van der Waals surface area contributed by atoms with Gasteiger partial charge in [-0.25, -0.2) is 4.98 Å². The highest BCUT2D eigenvalue weighted by molar-refractivity contribution is 5.92. The molecule has 0 aliphatic heterocycles. The second kappa shape index (κ2) is 3.59. The lowest BCUT2D eigenvalue weighted by Crippen LogP contribution is -2.02. The first kappa shape index (κ1) is 9.84. The number of nitrogens with two attached hydrogens (primary N) is 1. The van der Waals surface area contributed by atoms with E-state index < -0.39 is 0 Å². The van der Waals surface area contributed by atoms with E-state index >= 15 is 0 Å².